The van der Waals surface area contributed by atoms with E-state index in [9.17, 15) is 4.79 Å². The van der Waals surface area contributed by atoms with Crippen LogP contribution in [0.5, 0.6) is 0 Å². The topological polar surface area (TPSA) is 54.9 Å². The van der Waals surface area contributed by atoms with E-state index in [0.717, 1.165) is 28.2 Å². The standard InChI is InChI=1S/C14H19N3OS2/c1-2-3-4-5-7-15-12(18)9-20-14-11-6-8-19-13(11)16-10-17-14/h6,8,10H,2-5,7,9H2,1H3,(H,15,18). The van der Waals surface area contributed by atoms with Crippen LogP contribution in [0, 0.1) is 0 Å². The molecule has 6 heteroatoms. The van der Waals surface area contributed by atoms with Crippen molar-refractivity contribution < 1.29 is 4.79 Å². The Morgan fingerprint density at radius 2 is 2.25 bits per heavy atom. The highest BCUT2D eigenvalue weighted by Crippen LogP contribution is 2.27. The van der Waals surface area contributed by atoms with E-state index in [2.05, 4.69) is 22.2 Å². The number of amides is 1. The lowest BCUT2D eigenvalue weighted by Gasteiger charge is -2.05. The van der Waals surface area contributed by atoms with E-state index in [-0.39, 0.29) is 5.91 Å². The van der Waals surface area contributed by atoms with E-state index in [1.807, 2.05) is 11.4 Å². The van der Waals surface area contributed by atoms with Gasteiger partial charge < -0.3 is 5.32 Å². The molecule has 0 fully saturated rings. The van der Waals surface area contributed by atoms with E-state index in [1.165, 1.54) is 31.0 Å². The molecule has 0 bridgehead atoms. The molecule has 0 unspecified atom stereocenters. The van der Waals surface area contributed by atoms with Gasteiger partial charge in [-0.15, -0.1) is 11.3 Å². The maximum atomic E-state index is 11.8. The molecule has 0 saturated carbocycles. The third-order valence-electron chi connectivity index (χ3n) is 2.92. The van der Waals surface area contributed by atoms with Crippen LogP contribution in [0.15, 0.2) is 22.8 Å². The Bertz CT molecular complexity index is 556. The lowest BCUT2D eigenvalue weighted by molar-refractivity contribution is -0.118. The quantitative estimate of drug-likeness (QED) is 0.461. The van der Waals surface area contributed by atoms with Crippen molar-refractivity contribution >= 4 is 39.2 Å². The maximum Gasteiger partial charge on any atom is 0.230 e. The van der Waals surface area contributed by atoms with Crippen LogP contribution in [0.3, 0.4) is 0 Å². The summed E-state index contributed by atoms with van der Waals surface area (Å²) in [5, 5.41) is 6.88. The predicted octanol–water partition coefficient (Wildman–Crippen LogP) is 3.48. The normalized spacial score (nSPS) is 10.8. The van der Waals surface area contributed by atoms with Gasteiger partial charge in [-0.1, -0.05) is 37.9 Å². The van der Waals surface area contributed by atoms with E-state index < -0.39 is 0 Å². The summed E-state index contributed by atoms with van der Waals surface area (Å²) in [5.74, 6) is 0.490. The van der Waals surface area contributed by atoms with Crippen LogP contribution in [0.25, 0.3) is 10.2 Å². The van der Waals surface area contributed by atoms with Crippen LogP contribution in [0.1, 0.15) is 32.6 Å². The first-order valence-corrected chi connectivity index (χ1v) is 8.75. The van der Waals surface area contributed by atoms with Crippen LogP contribution in [-0.2, 0) is 4.79 Å². The van der Waals surface area contributed by atoms with Crippen molar-refractivity contribution in [2.24, 2.45) is 0 Å². The second-order valence-electron chi connectivity index (χ2n) is 4.52. The van der Waals surface area contributed by atoms with Crippen molar-refractivity contribution in [3.8, 4) is 0 Å². The number of hydrogen-bond acceptors (Lipinski definition) is 5. The molecule has 0 aliphatic rings. The number of aromatic nitrogens is 2. The van der Waals surface area contributed by atoms with Gasteiger partial charge >= 0.3 is 0 Å². The van der Waals surface area contributed by atoms with Crippen LogP contribution in [0.2, 0.25) is 0 Å². The Morgan fingerprint density at radius 1 is 1.35 bits per heavy atom. The third kappa shape index (κ3) is 4.45. The van der Waals surface area contributed by atoms with Crippen molar-refractivity contribution in [2.75, 3.05) is 12.3 Å². The molecule has 0 saturated heterocycles. The van der Waals surface area contributed by atoms with Gasteiger partial charge in [0.15, 0.2) is 0 Å². The zero-order chi connectivity index (χ0) is 14.2. The molecule has 2 aromatic rings. The number of rotatable bonds is 8. The molecule has 0 aromatic carbocycles. The van der Waals surface area contributed by atoms with Crippen molar-refractivity contribution in [1.82, 2.24) is 15.3 Å². The third-order valence-corrected chi connectivity index (χ3v) is 4.74. The number of fused-ring (bicyclic) bond motifs is 1. The molecule has 0 atom stereocenters. The highest BCUT2D eigenvalue weighted by molar-refractivity contribution is 8.00. The summed E-state index contributed by atoms with van der Waals surface area (Å²) in [6, 6.07) is 2.00. The van der Waals surface area contributed by atoms with Gasteiger partial charge in [-0.25, -0.2) is 9.97 Å². The molecule has 20 heavy (non-hydrogen) atoms. The largest absolute Gasteiger partial charge is 0.355 e. The number of carbonyl (C=O) groups excluding carboxylic acids is 1. The minimum Gasteiger partial charge on any atom is -0.355 e. The van der Waals surface area contributed by atoms with Gasteiger partial charge in [0.25, 0.3) is 0 Å². The molecule has 0 aliphatic heterocycles. The van der Waals surface area contributed by atoms with Crippen LogP contribution in [0.4, 0.5) is 0 Å². The van der Waals surface area contributed by atoms with Crippen LogP contribution >= 0.6 is 23.1 Å². The fourth-order valence-corrected chi connectivity index (χ4v) is 3.46. The Hall–Kier alpha value is -1.14. The first-order chi connectivity index (χ1) is 9.81. The van der Waals surface area contributed by atoms with Gasteiger partial charge in [0, 0.05) is 11.9 Å². The second-order valence-corrected chi connectivity index (χ2v) is 6.38. The van der Waals surface area contributed by atoms with Gasteiger partial charge in [-0.2, -0.15) is 0 Å². The number of hydrogen-bond donors (Lipinski definition) is 1. The summed E-state index contributed by atoms with van der Waals surface area (Å²) in [5.41, 5.74) is 0. The fourth-order valence-electron chi connectivity index (χ4n) is 1.85. The van der Waals surface area contributed by atoms with Gasteiger partial charge in [0.1, 0.15) is 16.2 Å². The smallest absolute Gasteiger partial charge is 0.230 e. The molecule has 2 aromatic heterocycles. The SMILES string of the molecule is CCCCCCNC(=O)CSc1ncnc2sccc12. The Balaban J connectivity index is 1.74. The maximum absolute atomic E-state index is 11.8. The molecule has 1 amide bonds. The zero-order valence-corrected chi connectivity index (χ0v) is 13.2. The fraction of sp³-hybridized carbons (Fsp3) is 0.500. The molecular weight excluding hydrogens is 290 g/mol. The number of thiophene rings is 1. The zero-order valence-electron chi connectivity index (χ0n) is 11.6. The first kappa shape index (κ1) is 15.3. The number of nitrogens with one attached hydrogen (secondary N) is 1. The van der Waals surface area contributed by atoms with Crippen molar-refractivity contribution in [2.45, 2.75) is 37.6 Å². The summed E-state index contributed by atoms with van der Waals surface area (Å²) >= 11 is 3.07. The van der Waals surface area contributed by atoms with E-state index in [4.69, 9.17) is 0 Å². The molecule has 4 nitrogen and oxygen atoms in total. The summed E-state index contributed by atoms with van der Waals surface area (Å²) < 4.78 is 0. The number of nitrogens with zero attached hydrogens (tertiary/aromatic N) is 2. The van der Waals surface area contributed by atoms with Crippen LogP contribution in [-0.4, -0.2) is 28.2 Å². The second kappa shape index (κ2) is 8.21. The molecule has 2 heterocycles. The minimum atomic E-state index is 0.0773. The average Bonchev–Trinajstić information content (AvgIpc) is 2.94. The van der Waals surface area contributed by atoms with E-state index >= 15 is 0 Å². The van der Waals surface area contributed by atoms with E-state index in [1.54, 1.807) is 17.7 Å². The van der Waals surface area contributed by atoms with Gasteiger partial charge in [0.2, 0.25) is 5.91 Å². The van der Waals surface area contributed by atoms with Crippen molar-refractivity contribution in [3.63, 3.8) is 0 Å². The lowest BCUT2D eigenvalue weighted by Crippen LogP contribution is -2.26. The monoisotopic (exact) mass is 309 g/mol. The number of unbranched alkanes of at least 4 members (excludes halogenated alkanes) is 3. The van der Waals surface area contributed by atoms with Crippen molar-refractivity contribution in [1.29, 1.82) is 0 Å². The van der Waals surface area contributed by atoms with E-state index in [0.29, 0.717) is 5.75 Å². The highest BCUT2D eigenvalue weighted by atomic mass is 32.2. The van der Waals surface area contributed by atoms with Gasteiger partial charge in [-0.05, 0) is 17.9 Å². The Kier molecular flexibility index (Phi) is 6.26. The molecule has 1 N–H and O–H groups in total. The van der Waals surface area contributed by atoms with Crippen molar-refractivity contribution in [3.05, 3.63) is 17.8 Å². The Labute approximate surface area is 127 Å². The Morgan fingerprint density at radius 3 is 3.10 bits per heavy atom. The average molecular weight is 309 g/mol. The number of thioether (sulfide) groups is 1. The molecule has 2 rings (SSSR count). The minimum absolute atomic E-state index is 0.0773. The first-order valence-electron chi connectivity index (χ1n) is 6.89. The summed E-state index contributed by atoms with van der Waals surface area (Å²) in [7, 11) is 0. The molecule has 108 valence electrons. The predicted molar refractivity (Wildman–Crippen MR) is 85.3 cm³/mol. The lowest BCUT2D eigenvalue weighted by atomic mass is 10.2. The molecule has 0 aliphatic carbocycles. The van der Waals surface area contributed by atoms with Gasteiger partial charge in [0.05, 0.1) is 5.75 Å². The number of carbonyl (C=O) groups is 1. The summed E-state index contributed by atoms with van der Waals surface area (Å²) in [6.07, 6.45) is 6.26. The molecule has 0 spiro atoms. The highest BCUT2D eigenvalue weighted by Gasteiger charge is 2.08. The van der Waals surface area contributed by atoms with Crippen LogP contribution < -0.4 is 5.32 Å². The summed E-state index contributed by atoms with van der Waals surface area (Å²) in [4.78, 5) is 21.2. The summed E-state index contributed by atoms with van der Waals surface area (Å²) in [6.45, 7) is 2.96. The molecule has 0 radical (unpaired) electrons. The van der Waals surface area contributed by atoms with Gasteiger partial charge in [-0.3, -0.25) is 4.79 Å². The molecular formula is C14H19N3OS2.